The maximum atomic E-state index is 13.7. The van der Waals surface area contributed by atoms with Crippen molar-refractivity contribution in [3.8, 4) is 0 Å². The van der Waals surface area contributed by atoms with Crippen molar-refractivity contribution < 1.29 is 18.7 Å². The second kappa shape index (κ2) is 7.40. The zero-order valence-electron chi connectivity index (χ0n) is 12.5. The number of methoxy groups -OCH3 is 1. The summed E-state index contributed by atoms with van der Waals surface area (Å²) < 4.78 is 25.0. The Balaban J connectivity index is 2.31. The van der Waals surface area contributed by atoms with Crippen molar-refractivity contribution in [2.24, 2.45) is 0 Å². The van der Waals surface area contributed by atoms with Crippen molar-refractivity contribution in [2.45, 2.75) is 13.5 Å². The highest BCUT2D eigenvalue weighted by Crippen LogP contribution is 2.14. The zero-order chi connectivity index (χ0) is 15.9. The number of halogens is 1. The maximum Gasteiger partial charge on any atom is 0.359 e. The molecule has 0 aliphatic rings. The molecule has 0 fully saturated rings. The number of carbonyl (C=O) groups excluding carboxylic acids is 1. The minimum atomic E-state index is -0.523. The summed E-state index contributed by atoms with van der Waals surface area (Å²) >= 11 is 0. The first-order valence-electron chi connectivity index (χ1n) is 6.83. The molecule has 0 aliphatic heterocycles. The molecule has 5 nitrogen and oxygen atoms in total. The molecular weight excluding hydrogens is 287 g/mol. The van der Waals surface area contributed by atoms with Gasteiger partial charge in [0.15, 0.2) is 5.69 Å². The summed E-state index contributed by atoms with van der Waals surface area (Å²) in [6.45, 7) is 2.20. The molecular formula is C16H17FN2O3. The molecule has 0 spiro atoms. The van der Waals surface area contributed by atoms with E-state index in [-0.39, 0.29) is 24.7 Å². The van der Waals surface area contributed by atoms with Gasteiger partial charge >= 0.3 is 5.97 Å². The maximum absolute atomic E-state index is 13.7. The fourth-order valence-electron chi connectivity index (χ4n) is 1.94. The molecule has 2 aromatic rings. The number of hydrogen-bond acceptors (Lipinski definition) is 4. The van der Waals surface area contributed by atoms with E-state index in [1.54, 1.807) is 37.4 Å². The summed E-state index contributed by atoms with van der Waals surface area (Å²) in [4.78, 5) is 11.9. The lowest BCUT2D eigenvalue weighted by Crippen LogP contribution is -2.09. The highest BCUT2D eigenvalue weighted by atomic mass is 19.1. The van der Waals surface area contributed by atoms with Gasteiger partial charge in [-0.2, -0.15) is 5.10 Å². The van der Waals surface area contributed by atoms with Crippen LogP contribution in [0.15, 0.2) is 36.7 Å². The number of nitrogens with zero attached hydrogens (tertiary/aromatic N) is 2. The van der Waals surface area contributed by atoms with Crippen molar-refractivity contribution in [1.82, 2.24) is 9.78 Å². The number of aromatic nitrogens is 2. The van der Waals surface area contributed by atoms with Gasteiger partial charge in [-0.1, -0.05) is 18.2 Å². The van der Waals surface area contributed by atoms with Gasteiger partial charge in [0.1, 0.15) is 5.82 Å². The van der Waals surface area contributed by atoms with Crippen molar-refractivity contribution in [1.29, 1.82) is 0 Å². The molecule has 0 atom stereocenters. The third-order valence-corrected chi connectivity index (χ3v) is 2.93. The van der Waals surface area contributed by atoms with Crippen LogP contribution in [0.4, 0.5) is 4.39 Å². The quantitative estimate of drug-likeness (QED) is 0.608. The van der Waals surface area contributed by atoms with Gasteiger partial charge in [-0.3, -0.25) is 4.68 Å². The first kappa shape index (κ1) is 15.8. The molecule has 0 saturated heterocycles. The van der Waals surface area contributed by atoms with Gasteiger partial charge in [0.25, 0.3) is 0 Å². The van der Waals surface area contributed by atoms with Gasteiger partial charge in [0.05, 0.1) is 26.5 Å². The third kappa shape index (κ3) is 3.72. The van der Waals surface area contributed by atoms with Crippen LogP contribution in [0, 0.1) is 5.82 Å². The topological polar surface area (TPSA) is 53.3 Å². The van der Waals surface area contributed by atoms with Crippen LogP contribution in [0.2, 0.25) is 0 Å². The van der Waals surface area contributed by atoms with Gasteiger partial charge in [-0.15, -0.1) is 0 Å². The Morgan fingerprint density at radius 2 is 2.18 bits per heavy atom. The first-order valence-corrected chi connectivity index (χ1v) is 6.83. The van der Waals surface area contributed by atoms with E-state index in [2.05, 4.69) is 5.10 Å². The number of ether oxygens (including phenoxy) is 2. The summed E-state index contributed by atoms with van der Waals surface area (Å²) in [5, 5.41) is 4.19. The van der Waals surface area contributed by atoms with Crippen molar-refractivity contribution >= 4 is 12.0 Å². The molecule has 2 rings (SSSR count). The average molecular weight is 304 g/mol. The molecule has 0 bridgehead atoms. The molecule has 0 radical (unpaired) electrons. The minimum absolute atomic E-state index is 0.173. The molecule has 0 aliphatic carbocycles. The van der Waals surface area contributed by atoms with Crippen LogP contribution >= 0.6 is 0 Å². The Hall–Kier alpha value is -2.63. The van der Waals surface area contributed by atoms with Crippen molar-refractivity contribution in [2.75, 3.05) is 13.7 Å². The summed E-state index contributed by atoms with van der Waals surface area (Å²) in [6, 6.07) is 6.43. The van der Waals surface area contributed by atoms with Crippen LogP contribution in [-0.2, 0) is 16.0 Å². The van der Waals surface area contributed by atoms with E-state index >= 15 is 0 Å². The Morgan fingerprint density at radius 1 is 1.41 bits per heavy atom. The number of esters is 1. The number of hydrogen-bond donors (Lipinski definition) is 0. The highest BCUT2D eigenvalue weighted by molar-refractivity contribution is 5.91. The van der Waals surface area contributed by atoms with Crippen LogP contribution in [0.25, 0.3) is 6.08 Å². The molecule has 0 N–H and O–H groups in total. The average Bonchev–Trinajstić information content (AvgIpc) is 2.91. The van der Waals surface area contributed by atoms with E-state index in [4.69, 9.17) is 9.47 Å². The molecule has 0 unspecified atom stereocenters. The smallest absolute Gasteiger partial charge is 0.359 e. The van der Waals surface area contributed by atoms with Gasteiger partial charge in [-0.25, -0.2) is 9.18 Å². The molecule has 1 aromatic heterocycles. The standard InChI is InChI=1S/C16H17FN2O3/c1-3-22-16(20)15-13(8-9-21-2)11-19(18-15)10-12-6-4-5-7-14(12)17/h4-9,11H,3,10H2,1-2H3/b9-8+. The van der Waals surface area contributed by atoms with Crippen LogP contribution < -0.4 is 0 Å². The fraction of sp³-hybridized carbons (Fsp3) is 0.250. The SMILES string of the molecule is CCOC(=O)c1nn(Cc2ccccc2F)cc1/C=C/OC. The van der Waals surface area contributed by atoms with Crippen LogP contribution in [0.1, 0.15) is 28.5 Å². The van der Waals surface area contributed by atoms with Crippen molar-refractivity contribution in [3.63, 3.8) is 0 Å². The fourth-order valence-corrected chi connectivity index (χ4v) is 1.94. The normalized spacial score (nSPS) is 10.9. The summed E-state index contributed by atoms with van der Waals surface area (Å²) in [6.07, 6.45) is 4.69. The summed E-state index contributed by atoms with van der Waals surface area (Å²) in [7, 11) is 1.50. The van der Waals surface area contributed by atoms with E-state index in [1.165, 1.54) is 24.1 Å². The lowest BCUT2D eigenvalue weighted by Gasteiger charge is -2.03. The Labute approximate surface area is 128 Å². The predicted molar refractivity (Wildman–Crippen MR) is 79.7 cm³/mol. The van der Waals surface area contributed by atoms with Gasteiger partial charge in [0, 0.05) is 17.3 Å². The molecule has 6 heteroatoms. The molecule has 0 amide bonds. The van der Waals surface area contributed by atoms with E-state index in [9.17, 15) is 9.18 Å². The zero-order valence-corrected chi connectivity index (χ0v) is 12.5. The highest BCUT2D eigenvalue weighted by Gasteiger charge is 2.17. The largest absolute Gasteiger partial charge is 0.504 e. The van der Waals surface area contributed by atoms with Gasteiger partial charge in [0.2, 0.25) is 0 Å². The molecule has 22 heavy (non-hydrogen) atoms. The van der Waals surface area contributed by atoms with E-state index in [1.807, 2.05) is 0 Å². The number of benzene rings is 1. The summed E-state index contributed by atoms with van der Waals surface area (Å²) in [5.41, 5.74) is 1.21. The van der Waals surface area contributed by atoms with Crippen LogP contribution in [0.3, 0.4) is 0 Å². The van der Waals surface area contributed by atoms with Gasteiger partial charge in [-0.05, 0) is 19.1 Å². The molecule has 1 aromatic carbocycles. The molecule has 1 heterocycles. The lowest BCUT2D eigenvalue weighted by molar-refractivity contribution is 0.0518. The van der Waals surface area contributed by atoms with Crippen LogP contribution in [0.5, 0.6) is 0 Å². The Bertz CT molecular complexity index is 680. The lowest BCUT2D eigenvalue weighted by atomic mass is 10.2. The van der Waals surface area contributed by atoms with Gasteiger partial charge < -0.3 is 9.47 Å². The Kier molecular flexibility index (Phi) is 5.30. The molecule has 116 valence electrons. The molecule has 0 saturated carbocycles. The minimum Gasteiger partial charge on any atom is -0.504 e. The monoisotopic (exact) mass is 304 g/mol. The number of rotatable bonds is 6. The van der Waals surface area contributed by atoms with Crippen LogP contribution in [-0.4, -0.2) is 29.5 Å². The third-order valence-electron chi connectivity index (χ3n) is 2.93. The first-order chi connectivity index (χ1) is 10.7. The van der Waals surface area contributed by atoms with E-state index in [0.717, 1.165) is 0 Å². The second-order valence-electron chi connectivity index (χ2n) is 4.48. The van der Waals surface area contributed by atoms with E-state index < -0.39 is 5.97 Å². The second-order valence-corrected chi connectivity index (χ2v) is 4.48. The number of carbonyl (C=O) groups is 1. The van der Waals surface area contributed by atoms with Crippen molar-refractivity contribution in [3.05, 3.63) is 59.4 Å². The van der Waals surface area contributed by atoms with E-state index in [0.29, 0.717) is 11.1 Å². The summed E-state index contributed by atoms with van der Waals surface area (Å²) in [5.74, 6) is -0.838. The predicted octanol–water partition coefficient (Wildman–Crippen LogP) is 2.86. The Morgan fingerprint density at radius 3 is 2.86 bits per heavy atom.